The Morgan fingerprint density at radius 1 is 1.09 bits per heavy atom. The highest BCUT2D eigenvalue weighted by atomic mass is 16.2. The smallest absolute Gasteiger partial charge is 0.280 e. The molecule has 3 aromatic rings. The fraction of sp³-hybridized carbons (Fsp3) is 0.167. The van der Waals surface area contributed by atoms with Crippen molar-refractivity contribution >= 4 is 11.6 Å². The van der Waals surface area contributed by atoms with Gasteiger partial charge >= 0.3 is 0 Å². The van der Waals surface area contributed by atoms with Crippen LogP contribution in [0.2, 0.25) is 0 Å². The molecule has 0 saturated heterocycles. The molecule has 0 bridgehead atoms. The third-order valence-corrected chi connectivity index (χ3v) is 4.14. The Morgan fingerprint density at radius 3 is 2.70 bits per heavy atom. The van der Waals surface area contributed by atoms with E-state index in [1.807, 2.05) is 49.4 Å². The zero-order valence-electron chi connectivity index (χ0n) is 12.8. The van der Waals surface area contributed by atoms with Crippen LogP contribution in [0.15, 0.2) is 54.7 Å². The van der Waals surface area contributed by atoms with Crippen molar-refractivity contribution in [2.75, 3.05) is 11.4 Å². The number of para-hydroxylation sites is 1. The highest BCUT2D eigenvalue weighted by Crippen LogP contribution is 2.28. The zero-order valence-corrected chi connectivity index (χ0v) is 12.8. The molecule has 1 amide bonds. The van der Waals surface area contributed by atoms with Gasteiger partial charge in [-0.1, -0.05) is 41.1 Å². The zero-order chi connectivity index (χ0) is 15.8. The minimum Gasteiger partial charge on any atom is -0.306 e. The normalized spacial score (nSPS) is 13.2. The van der Waals surface area contributed by atoms with Crippen LogP contribution >= 0.6 is 0 Å². The third-order valence-electron chi connectivity index (χ3n) is 4.14. The van der Waals surface area contributed by atoms with Gasteiger partial charge in [-0.2, -0.15) is 0 Å². The number of benzene rings is 2. The second kappa shape index (κ2) is 5.35. The highest BCUT2D eigenvalue weighted by Gasteiger charge is 2.27. The lowest BCUT2D eigenvalue weighted by Gasteiger charge is -2.15. The number of anilines is 1. The van der Waals surface area contributed by atoms with E-state index in [-0.39, 0.29) is 5.91 Å². The molecule has 0 saturated carbocycles. The van der Waals surface area contributed by atoms with Crippen molar-refractivity contribution in [3.8, 4) is 5.69 Å². The second-order valence-corrected chi connectivity index (χ2v) is 5.72. The van der Waals surface area contributed by atoms with Gasteiger partial charge in [0, 0.05) is 12.2 Å². The number of fused-ring (bicyclic) bond motifs is 1. The number of rotatable bonds is 2. The van der Waals surface area contributed by atoms with Crippen molar-refractivity contribution in [2.24, 2.45) is 0 Å². The maximum absolute atomic E-state index is 12.7. The van der Waals surface area contributed by atoms with Crippen LogP contribution in [0.5, 0.6) is 0 Å². The van der Waals surface area contributed by atoms with Gasteiger partial charge in [-0.25, -0.2) is 4.68 Å². The summed E-state index contributed by atoms with van der Waals surface area (Å²) in [5.74, 6) is -0.103. The molecule has 5 heteroatoms. The molecule has 1 aliphatic rings. The third kappa shape index (κ3) is 2.40. The van der Waals surface area contributed by atoms with E-state index in [1.165, 1.54) is 11.1 Å². The lowest BCUT2D eigenvalue weighted by atomic mass is 10.2. The summed E-state index contributed by atoms with van der Waals surface area (Å²) >= 11 is 0. The first kappa shape index (κ1) is 13.7. The van der Waals surface area contributed by atoms with Crippen molar-refractivity contribution in [2.45, 2.75) is 13.3 Å². The molecule has 0 aliphatic carbocycles. The van der Waals surface area contributed by atoms with E-state index in [0.717, 1.165) is 17.8 Å². The summed E-state index contributed by atoms with van der Waals surface area (Å²) in [4.78, 5) is 14.5. The molecular weight excluding hydrogens is 288 g/mol. The number of hydrogen-bond acceptors (Lipinski definition) is 3. The van der Waals surface area contributed by atoms with Gasteiger partial charge in [0.1, 0.15) is 0 Å². The number of nitrogens with zero attached hydrogens (tertiary/aromatic N) is 4. The maximum atomic E-state index is 12.7. The van der Waals surface area contributed by atoms with Crippen LogP contribution < -0.4 is 4.90 Å². The minimum absolute atomic E-state index is 0.103. The fourth-order valence-electron chi connectivity index (χ4n) is 2.87. The van der Waals surface area contributed by atoms with Crippen molar-refractivity contribution in [3.63, 3.8) is 0 Å². The largest absolute Gasteiger partial charge is 0.306 e. The topological polar surface area (TPSA) is 51.0 Å². The van der Waals surface area contributed by atoms with Crippen molar-refractivity contribution in [3.05, 3.63) is 71.5 Å². The number of aryl methyl sites for hydroxylation is 1. The van der Waals surface area contributed by atoms with Crippen LogP contribution in [0.1, 0.15) is 21.6 Å². The van der Waals surface area contributed by atoms with Gasteiger partial charge in [-0.15, -0.1) is 5.10 Å². The first-order valence-corrected chi connectivity index (χ1v) is 7.61. The number of carbonyl (C=O) groups is 1. The Bertz CT molecular complexity index is 867. The summed E-state index contributed by atoms with van der Waals surface area (Å²) < 4.78 is 1.63. The lowest BCUT2D eigenvalue weighted by molar-refractivity contribution is 0.0984. The Labute approximate surface area is 134 Å². The Balaban J connectivity index is 1.62. The average Bonchev–Trinajstić information content (AvgIpc) is 3.22. The molecule has 1 aromatic heterocycles. The van der Waals surface area contributed by atoms with Crippen LogP contribution in [-0.2, 0) is 6.42 Å². The summed E-state index contributed by atoms with van der Waals surface area (Å²) in [5, 5.41) is 8.14. The van der Waals surface area contributed by atoms with E-state index < -0.39 is 0 Å². The second-order valence-electron chi connectivity index (χ2n) is 5.72. The molecule has 2 heterocycles. The molecule has 4 rings (SSSR count). The average molecular weight is 304 g/mol. The van der Waals surface area contributed by atoms with Crippen LogP contribution in [0.4, 0.5) is 5.69 Å². The van der Waals surface area contributed by atoms with Crippen molar-refractivity contribution in [1.82, 2.24) is 15.0 Å². The summed E-state index contributed by atoms with van der Waals surface area (Å²) in [6, 6.07) is 15.9. The van der Waals surface area contributed by atoms with E-state index in [4.69, 9.17) is 0 Å². The Morgan fingerprint density at radius 2 is 1.87 bits per heavy atom. The van der Waals surface area contributed by atoms with Crippen LogP contribution in [0, 0.1) is 6.92 Å². The van der Waals surface area contributed by atoms with E-state index in [2.05, 4.69) is 16.4 Å². The number of hydrogen-bond donors (Lipinski definition) is 0. The van der Waals surface area contributed by atoms with Crippen LogP contribution in [0.3, 0.4) is 0 Å². The number of carbonyl (C=O) groups excluding carboxylic acids is 1. The van der Waals surface area contributed by atoms with E-state index >= 15 is 0 Å². The molecule has 0 unspecified atom stereocenters. The van der Waals surface area contributed by atoms with E-state index in [0.29, 0.717) is 12.2 Å². The summed E-state index contributed by atoms with van der Waals surface area (Å²) in [6.45, 7) is 2.72. The van der Waals surface area contributed by atoms with Gasteiger partial charge in [0.25, 0.3) is 5.91 Å². The molecule has 23 heavy (non-hydrogen) atoms. The highest BCUT2D eigenvalue weighted by molar-refractivity contribution is 6.05. The standard InChI is InChI=1S/C18H16N4O/c1-13-6-8-15(9-7-13)22-12-16(19-20-22)18(23)21-11-10-14-4-2-3-5-17(14)21/h2-9,12H,10-11H2,1H3. The Kier molecular flexibility index (Phi) is 3.19. The monoisotopic (exact) mass is 304 g/mol. The van der Waals surface area contributed by atoms with Crippen LogP contribution in [0.25, 0.3) is 5.69 Å². The molecule has 114 valence electrons. The minimum atomic E-state index is -0.103. The summed E-state index contributed by atoms with van der Waals surface area (Å²) in [5.41, 5.74) is 4.61. The van der Waals surface area contributed by atoms with Gasteiger partial charge in [-0.05, 0) is 37.1 Å². The number of aromatic nitrogens is 3. The summed E-state index contributed by atoms with van der Waals surface area (Å²) in [6.07, 6.45) is 2.57. The Hall–Kier alpha value is -2.95. The predicted molar refractivity (Wildman–Crippen MR) is 87.9 cm³/mol. The summed E-state index contributed by atoms with van der Waals surface area (Å²) in [7, 11) is 0. The molecule has 0 atom stereocenters. The van der Waals surface area contributed by atoms with E-state index in [1.54, 1.807) is 15.8 Å². The predicted octanol–water partition coefficient (Wildman–Crippen LogP) is 2.78. The molecule has 0 radical (unpaired) electrons. The van der Waals surface area contributed by atoms with Gasteiger partial charge in [-0.3, -0.25) is 4.79 Å². The molecule has 0 N–H and O–H groups in total. The van der Waals surface area contributed by atoms with Gasteiger partial charge in [0.05, 0.1) is 11.9 Å². The molecule has 2 aromatic carbocycles. The van der Waals surface area contributed by atoms with Gasteiger partial charge in [0.15, 0.2) is 5.69 Å². The van der Waals surface area contributed by atoms with Gasteiger partial charge < -0.3 is 4.90 Å². The fourth-order valence-corrected chi connectivity index (χ4v) is 2.87. The quantitative estimate of drug-likeness (QED) is 0.731. The first-order chi connectivity index (χ1) is 11.2. The van der Waals surface area contributed by atoms with Crippen molar-refractivity contribution in [1.29, 1.82) is 0 Å². The van der Waals surface area contributed by atoms with Gasteiger partial charge in [0.2, 0.25) is 0 Å². The lowest BCUT2D eigenvalue weighted by Crippen LogP contribution is -2.29. The number of amides is 1. The van der Waals surface area contributed by atoms with Crippen molar-refractivity contribution < 1.29 is 4.79 Å². The van der Waals surface area contributed by atoms with E-state index in [9.17, 15) is 4.79 Å². The molecule has 0 spiro atoms. The maximum Gasteiger partial charge on any atom is 0.280 e. The molecular formula is C18H16N4O. The first-order valence-electron chi connectivity index (χ1n) is 7.61. The van der Waals surface area contributed by atoms with Crippen LogP contribution in [-0.4, -0.2) is 27.4 Å². The molecule has 5 nitrogen and oxygen atoms in total. The molecule has 1 aliphatic heterocycles. The SMILES string of the molecule is Cc1ccc(-n2cc(C(=O)N3CCc4ccccc43)nn2)cc1. The molecule has 0 fully saturated rings.